The first-order chi connectivity index (χ1) is 14.1. The lowest BCUT2D eigenvalue weighted by atomic mass is 10.2. The van der Waals surface area contributed by atoms with E-state index in [0.717, 1.165) is 35.9 Å². The second-order valence-electron chi connectivity index (χ2n) is 7.41. The second-order valence-corrected chi connectivity index (χ2v) is 7.41. The lowest BCUT2D eigenvalue weighted by Crippen LogP contribution is -2.49. The highest BCUT2D eigenvalue weighted by atomic mass is 16.2. The molecule has 1 aliphatic heterocycles. The maximum absolute atomic E-state index is 12.5. The van der Waals surface area contributed by atoms with E-state index in [1.54, 1.807) is 4.68 Å². The third kappa shape index (κ3) is 4.60. The summed E-state index contributed by atoms with van der Waals surface area (Å²) in [5.41, 5.74) is 4.10. The standard InChI is InChI=1S/C21H25N7O/c1-16-6-8-19(9-7-16)28-20(23-24-25-28)15-26-10-12-27(13-11-26)21(29)22-18-5-3-4-17(2)14-18/h3-9,14H,10-13,15H2,1-2H3,(H,22,29). The predicted octanol–water partition coefficient (Wildman–Crippen LogP) is 2.63. The summed E-state index contributed by atoms with van der Waals surface area (Å²) >= 11 is 0. The number of amides is 2. The van der Waals surface area contributed by atoms with Gasteiger partial charge in [0.15, 0.2) is 5.82 Å². The SMILES string of the molecule is Cc1ccc(-n2nnnc2CN2CCN(C(=O)Nc3cccc(C)c3)CC2)cc1. The third-order valence-corrected chi connectivity index (χ3v) is 5.11. The van der Waals surface area contributed by atoms with Crippen LogP contribution in [0, 0.1) is 13.8 Å². The van der Waals surface area contributed by atoms with Crippen LogP contribution in [0.15, 0.2) is 48.5 Å². The molecule has 0 bridgehead atoms. The molecule has 1 aliphatic rings. The van der Waals surface area contributed by atoms with Gasteiger partial charge in [-0.25, -0.2) is 4.79 Å². The molecule has 4 rings (SSSR count). The number of hydrogen-bond donors (Lipinski definition) is 1. The van der Waals surface area contributed by atoms with Gasteiger partial charge in [-0.1, -0.05) is 29.8 Å². The number of aromatic nitrogens is 4. The Morgan fingerprint density at radius 2 is 1.76 bits per heavy atom. The van der Waals surface area contributed by atoms with Gasteiger partial charge in [-0.05, 0) is 54.1 Å². The molecular formula is C21H25N7O. The average Bonchev–Trinajstić information content (AvgIpc) is 3.17. The minimum atomic E-state index is -0.0558. The highest BCUT2D eigenvalue weighted by Gasteiger charge is 2.23. The van der Waals surface area contributed by atoms with Crippen LogP contribution in [0.4, 0.5) is 10.5 Å². The fourth-order valence-electron chi connectivity index (χ4n) is 3.43. The normalized spacial score (nSPS) is 14.8. The zero-order valence-electron chi connectivity index (χ0n) is 16.7. The van der Waals surface area contributed by atoms with Crippen molar-refractivity contribution in [2.24, 2.45) is 0 Å². The number of anilines is 1. The number of aryl methyl sites for hydroxylation is 2. The molecule has 0 atom stereocenters. The van der Waals surface area contributed by atoms with Crippen molar-refractivity contribution < 1.29 is 4.79 Å². The van der Waals surface area contributed by atoms with Gasteiger partial charge in [0.25, 0.3) is 0 Å². The largest absolute Gasteiger partial charge is 0.322 e. The third-order valence-electron chi connectivity index (χ3n) is 5.11. The van der Waals surface area contributed by atoms with Crippen molar-refractivity contribution in [3.05, 3.63) is 65.5 Å². The molecule has 2 amide bonds. The summed E-state index contributed by atoms with van der Waals surface area (Å²) in [6.07, 6.45) is 0. The van der Waals surface area contributed by atoms with E-state index in [1.807, 2.05) is 60.4 Å². The van der Waals surface area contributed by atoms with Gasteiger partial charge in [0.1, 0.15) is 0 Å². The Balaban J connectivity index is 1.33. The van der Waals surface area contributed by atoms with Crippen LogP contribution in [-0.4, -0.2) is 62.2 Å². The molecule has 1 fully saturated rings. The lowest BCUT2D eigenvalue weighted by Gasteiger charge is -2.34. The van der Waals surface area contributed by atoms with Crippen molar-refractivity contribution in [3.8, 4) is 5.69 Å². The van der Waals surface area contributed by atoms with Gasteiger partial charge in [-0.2, -0.15) is 4.68 Å². The Bertz CT molecular complexity index is 975. The van der Waals surface area contributed by atoms with E-state index in [1.165, 1.54) is 5.56 Å². The van der Waals surface area contributed by atoms with Gasteiger partial charge in [0.05, 0.1) is 12.2 Å². The summed E-state index contributed by atoms with van der Waals surface area (Å²) < 4.78 is 1.77. The molecule has 1 N–H and O–H groups in total. The fraction of sp³-hybridized carbons (Fsp3) is 0.333. The average molecular weight is 391 g/mol. The van der Waals surface area contributed by atoms with Crippen LogP contribution in [0.5, 0.6) is 0 Å². The summed E-state index contributed by atoms with van der Waals surface area (Å²) in [5, 5.41) is 15.2. The predicted molar refractivity (Wildman–Crippen MR) is 111 cm³/mol. The van der Waals surface area contributed by atoms with Crippen LogP contribution in [0.25, 0.3) is 5.69 Å². The number of carbonyl (C=O) groups is 1. The van der Waals surface area contributed by atoms with Crippen LogP contribution in [0.3, 0.4) is 0 Å². The smallest absolute Gasteiger partial charge is 0.321 e. The maximum Gasteiger partial charge on any atom is 0.321 e. The number of urea groups is 1. The number of piperazine rings is 1. The number of tetrazole rings is 1. The van der Waals surface area contributed by atoms with Crippen molar-refractivity contribution in [3.63, 3.8) is 0 Å². The van der Waals surface area contributed by atoms with Gasteiger partial charge in [0, 0.05) is 31.9 Å². The topological polar surface area (TPSA) is 79.2 Å². The number of rotatable bonds is 4. The van der Waals surface area contributed by atoms with Gasteiger partial charge in [0.2, 0.25) is 0 Å². The molecule has 3 aromatic rings. The molecule has 0 unspecified atom stereocenters. The van der Waals surface area contributed by atoms with Crippen molar-refractivity contribution in [2.45, 2.75) is 20.4 Å². The summed E-state index contributed by atoms with van der Waals surface area (Å²) in [6.45, 7) is 7.61. The molecule has 0 spiro atoms. The fourth-order valence-corrected chi connectivity index (χ4v) is 3.43. The summed E-state index contributed by atoms with van der Waals surface area (Å²) in [6, 6.07) is 15.9. The zero-order valence-corrected chi connectivity index (χ0v) is 16.7. The Labute approximate surface area is 170 Å². The Hall–Kier alpha value is -3.26. The minimum absolute atomic E-state index is 0.0558. The molecule has 8 nitrogen and oxygen atoms in total. The maximum atomic E-state index is 12.5. The van der Waals surface area contributed by atoms with Gasteiger partial charge in [-0.3, -0.25) is 4.90 Å². The summed E-state index contributed by atoms with van der Waals surface area (Å²) in [5.74, 6) is 0.798. The minimum Gasteiger partial charge on any atom is -0.322 e. The highest BCUT2D eigenvalue weighted by molar-refractivity contribution is 5.89. The summed E-state index contributed by atoms with van der Waals surface area (Å²) in [7, 11) is 0. The van der Waals surface area contributed by atoms with E-state index >= 15 is 0 Å². The number of benzene rings is 2. The second kappa shape index (κ2) is 8.40. The number of hydrogen-bond acceptors (Lipinski definition) is 5. The monoisotopic (exact) mass is 391 g/mol. The molecule has 2 aromatic carbocycles. The molecule has 0 aliphatic carbocycles. The Kier molecular flexibility index (Phi) is 5.53. The van der Waals surface area contributed by atoms with Crippen molar-refractivity contribution in [1.29, 1.82) is 0 Å². The van der Waals surface area contributed by atoms with E-state index in [0.29, 0.717) is 19.6 Å². The van der Waals surface area contributed by atoms with E-state index in [4.69, 9.17) is 0 Å². The van der Waals surface area contributed by atoms with Gasteiger partial charge >= 0.3 is 6.03 Å². The van der Waals surface area contributed by atoms with Crippen LogP contribution in [0.2, 0.25) is 0 Å². The van der Waals surface area contributed by atoms with Crippen LogP contribution >= 0.6 is 0 Å². The Morgan fingerprint density at radius 1 is 1.00 bits per heavy atom. The van der Waals surface area contributed by atoms with E-state index in [2.05, 4.69) is 32.7 Å². The Morgan fingerprint density at radius 3 is 2.48 bits per heavy atom. The molecule has 29 heavy (non-hydrogen) atoms. The van der Waals surface area contributed by atoms with Crippen molar-refractivity contribution in [2.75, 3.05) is 31.5 Å². The molecule has 0 radical (unpaired) electrons. The first kappa shape index (κ1) is 19.1. The number of nitrogens with zero attached hydrogens (tertiary/aromatic N) is 6. The molecule has 0 saturated carbocycles. The van der Waals surface area contributed by atoms with Crippen molar-refractivity contribution in [1.82, 2.24) is 30.0 Å². The quantitative estimate of drug-likeness (QED) is 0.740. The number of nitrogens with one attached hydrogen (secondary N) is 1. The first-order valence-electron chi connectivity index (χ1n) is 9.78. The van der Waals surface area contributed by atoms with Crippen molar-refractivity contribution >= 4 is 11.7 Å². The molecule has 150 valence electrons. The molecule has 1 aromatic heterocycles. The van der Waals surface area contributed by atoms with Crippen LogP contribution < -0.4 is 5.32 Å². The highest BCUT2D eigenvalue weighted by Crippen LogP contribution is 2.14. The molecule has 1 saturated heterocycles. The lowest BCUT2D eigenvalue weighted by molar-refractivity contribution is 0.140. The molecular weight excluding hydrogens is 366 g/mol. The summed E-state index contributed by atoms with van der Waals surface area (Å²) in [4.78, 5) is 16.6. The van der Waals surface area contributed by atoms with E-state index < -0.39 is 0 Å². The van der Waals surface area contributed by atoms with Gasteiger partial charge < -0.3 is 10.2 Å². The molecule has 8 heteroatoms. The number of carbonyl (C=O) groups excluding carboxylic acids is 1. The van der Waals surface area contributed by atoms with E-state index in [9.17, 15) is 4.79 Å². The van der Waals surface area contributed by atoms with E-state index in [-0.39, 0.29) is 6.03 Å². The molecule has 2 heterocycles. The van der Waals surface area contributed by atoms with Crippen LogP contribution in [-0.2, 0) is 6.54 Å². The first-order valence-corrected chi connectivity index (χ1v) is 9.78. The van der Waals surface area contributed by atoms with Crippen LogP contribution in [0.1, 0.15) is 17.0 Å². The van der Waals surface area contributed by atoms with Gasteiger partial charge in [-0.15, -0.1) is 5.10 Å². The zero-order chi connectivity index (χ0) is 20.2.